The predicted molar refractivity (Wildman–Crippen MR) is 72.5 cm³/mol. The van der Waals surface area contributed by atoms with Gasteiger partial charge in [-0.3, -0.25) is 9.88 Å². The maximum Gasteiger partial charge on any atom is 0.169 e. The van der Waals surface area contributed by atoms with Gasteiger partial charge in [-0.25, -0.2) is 0 Å². The SMILES string of the molecule is CC1([C@@H]2CCCN(Cc3ccccn3)C2)OCCO1. The van der Waals surface area contributed by atoms with Gasteiger partial charge >= 0.3 is 0 Å². The van der Waals surface area contributed by atoms with Crippen molar-refractivity contribution in [3.05, 3.63) is 30.1 Å². The fourth-order valence-corrected chi connectivity index (χ4v) is 3.11. The van der Waals surface area contributed by atoms with Crippen LogP contribution >= 0.6 is 0 Å². The van der Waals surface area contributed by atoms with E-state index in [1.165, 1.54) is 12.8 Å². The van der Waals surface area contributed by atoms with Gasteiger partial charge in [0.25, 0.3) is 0 Å². The number of hydrogen-bond donors (Lipinski definition) is 0. The molecule has 104 valence electrons. The molecule has 19 heavy (non-hydrogen) atoms. The number of piperidine rings is 1. The summed E-state index contributed by atoms with van der Waals surface area (Å²) in [6, 6.07) is 6.10. The molecule has 0 saturated carbocycles. The van der Waals surface area contributed by atoms with Crippen LogP contribution in [-0.4, -0.2) is 42.0 Å². The van der Waals surface area contributed by atoms with Gasteiger partial charge in [0.2, 0.25) is 0 Å². The minimum absolute atomic E-state index is 0.372. The molecule has 3 heterocycles. The number of aromatic nitrogens is 1. The van der Waals surface area contributed by atoms with Gasteiger partial charge in [-0.05, 0) is 38.4 Å². The Bertz CT molecular complexity index is 404. The summed E-state index contributed by atoms with van der Waals surface area (Å²) in [4.78, 5) is 6.87. The maximum absolute atomic E-state index is 5.81. The first-order valence-electron chi connectivity index (χ1n) is 7.16. The average molecular weight is 262 g/mol. The van der Waals surface area contributed by atoms with Gasteiger partial charge in [0.1, 0.15) is 0 Å². The summed E-state index contributed by atoms with van der Waals surface area (Å²) in [6.45, 7) is 6.65. The van der Waals surface area contributed by atoms with Gasteiger partial charge in [-0.1, -0.05) is 6.07 Å². The van der Waals surface area contributed by atoms with Crippen LogP contribution in [-0.2, 0) is 16.0 Å². The summed E-state index contributed by atoms with van der Waals surface area (Å²) in [5, 5.41) is 0. The Morgan fingerprint density at radius 1 is 1.37 bits per heavy atom. The quantitative estimate of drug-likeness (QED) is 0.835. The fourth-order valence-electron chi connectivity index (χ4n) is 3.11. The molecule has 3 rings (SSSR count). The first kappa shape index (κ1) is 13.0. The lowest BCUT2D eigenvalue weighted by Crippen LogP contribution is -2.46. The molecule has 4 nitrogen and oxygen atoms in total. The zero-order valence-corrected chi connectivity index (χ0v) is 11.5. The maximum atomic E-state index is 5.81. The minimum Gasteiger partial charge on any atom is -0.347 e. The predicted octanol–water partition coefficient (Wildman–Crippen LogP) is 2.06. The van der Waals surface area contributed by atoms with Crippen LogP contribution in [0.5, 0.6) is 0 Å². The lowest BCUT2D eigenvalue weighted by Gasteiger charge is -2.39. The Balaban J connectivity index is 1.62. The van der Waals surface area contributed by atoms with Crippen molar-refractivity contribution in [1.29, 1.82) is 0 Å². The van der Waals surface area contributed by atoms with Gasteiger partial charge in [-0.15, -0.1) is 0 Å². The van der Waals surface area contributed by atoms with Gasteiger partial charge < -0.3 is 9.47 Å². The van der Waals surface area contributed by atoms with Gasteiger partial charge in [0.05, 0.1) is 18.9 Å². The molecule has 1 aromatic rings. The summed E-state index contributed by atoms with van der Waals surface area (Å²) < 4.78 is 11.6. The molecule has 0 amide bonds. The van der Waals surface area contributed by atoms with Crippen molar-refractivity contribution < 1.29 is 9.47 Å². The largest absolute Gasteiger partial charge is 0.347 e. The summed E-state index contributed by atoms with van der Waals surface area (Å²) in [7, 11) is 0. The molecule has 2 fully saturated rings. The van der Waals surface area contributed by atoms with E-state index in [4.69, 9.17) is 9.47 Å². The van der Waals surface area contributed by atoms with Crippen molar-refractivity contribution in [2.75, 3.05) is 26.3 Å². The second-order valence-corrected chi connectivity index (χ2v) is 5.61. The van der Waals surface area contributed by atoms with E-state index in [1.807, 2.05) is 18.3 Å². The average Bonchev–Trinajstić information content (AvgIpc) is 2.89. The smallest absolute Gasteiger partial charge is 0.169 e. The van der Waals surface area contributed by atoms with Gasteiger partial charge in [0.15, 0.2) is 5.79 Å². The molecule has 2 aliphatic heterocycles. The second kappa shape index (κ2) is 5.57. The first-order valence-corrected chi connectivity index (χ1v) is 7.16. The molecule has 0 radical (unpaired) electrons. The second-order valence-electron chi connectivity index (χ2n) is 5.61. The van der Waals surface area contributed by atoms with Crippen LogP contribution in [0.15, 0.2) is 24.4 Å². The van der Waals surface area contributed by atoms with Crippen molar-refractivity contribution in [1.82, 2.24) is 9.88 Å². The molecular formula is C15H22N2O2. The molecule has 0 bridgehead atoms. The zero-order chi connectivity index (χ0) is 13.1. The van der Waals surface area contributed by atoms with Crippen molar-refractivity contribution >= 4 is 0 Å². The van der Waals surface area contributed by atoms with Crippen LogP contribution in [0.4, 0.5) is 0 Å². The number of pyridine rings is 1. The summed E-state index contributed by atoms with van der Waals surface area (Å²) in [6.07, 6.45) is 4.26. The van der Waals surface area contributed by atoms with Gasteiger partial charge in [0, 0.05) is 25.2 Å². The van der Waals surface area contributed by atoms with E-state index in [-0.39, 0.29) is 5.79 Å². The van der Waals surface area contributed by atoms with Crippen molar-refractivity contribution in [2.24, 2.45) is 5.92 Å². The molecule has 0 aliphatic carbocycles. The minimum atomic E-state index is -0.372. The number of nitrogens with zero attached hydrogens (tertiary/aromatic N) is 2. The van der Waals surface area contributed by atoms with E-state index in [0.717, 1.165) is 38.5 Å². The lowest BCUT2D eigenvalue weighted by atomic mass is 9.90. The number of likely N-dealkylation sites (tertiary alicyclic amines) is 1. The Morgan fingerprint density at radius 2 is 2.21 bits per heavy atom. The molecule has 1 aromatic heterocycles. The molecule has 0 N–H and O–H groups in total. The topological polar surface area (TPSA) is 34.6 Å². The number of ether oxygens (including phenoxy) is 2. The van der Waals surface area contributed by atoms with Crippen LogP contribution in [0.25, 0.3) is 0 Å². The summed E-state index contributed by atoms with van der Waals surface area (Å²) >= 11 is 0. The van der Waals surface area contributed by atoms with Crippen LogP contribution in [0.3, 0.4) is 0 Å². The third-order valence-corrected chi connectivity index (χ3v) is 4.22. The van der Waals surface area contributed by atoms with E-state index < -0.39 is 0 Å². The molecule has 0 unspecified atom stereocenters. The molecule has 2 aliphatic rings. The highest BCUT2D eigenvalue weighted by Gasteiger charge is 2.41. The molecule has 2 saturated heterocycles. The Labute approximate surface area is 114 Å². The number of rotatable bonds is 3. The lowest BCUT2D eigenvalue weighted by molar-refractivity contribution is -0.192. The fraction of sp³-hybridized carbons (Fsp3) is 0.667. The van der Waals surface area contributed by atoms with Crippen LogP contribution < -0.4 is 0 Å². The third kappa shape index (κ3) is 2.96. The highest BCUT2D eigenvalue weighted by molar-refractivity contribution is 5.03. The Morgan fingerprint density at radius 3 is 2.95 bits per heavy atom. The third-order valence-electron chi connectivity index (χ3n) is 4.22. The summed E-state index contributed by atoms with van der Waals surface area (Å²) in [5.41, 5.74) is 1.14. The molecule has 0 spiro atoms. The molecule has 4 heteroatoms. The Hall–Kier alpha value is -0.970. The standard InChI is InChI=1S/C15H22N2O2/c1-15(18-9-10-19-15)13-5-4-8-17(11-13)12-14-6-2-3-7-16-14/h2-3,6-7,13H,4-5,8-12H2,1H3/t13-/m1/s1. The van der Waals surface area contributed by atoms with Crippen LogP contribution in [0.2, 0.25) is 0 Å². The summed E-state index contributed by atoms with van der Waals surface area (Å²) in [5.74, 6) is 0.0930. The van der Waals surface area contributed by atoms with E-state index in [0.29, 0.717) is 5.92 Å². The van der Waals surface area contributed by atoms with Crippen LogP contribution in [0.1, 0.15) is 25.5 Å². The van der Waals surface area contributed by atoms with E-state index in [2.05, 4.69) is 22.9 Å². The van der Waals surface area contributed by atoms with E-state index >= 15 is 0 Å². The van der Waals surface area contributed by atoms with Gasteiger partial charge in [-0.2, -0.15) is 0 Å². The normalized spacial score (nSPS) is 27.5. The van der Waals surface area contributed by atoms with Crippen molar-refractivity contribution in [2.45, 2.75) is 32.1 Å². The highest BCUT2D eigenvalue weighted by Crippen LogP contribution is 2.34. The van der Waals surface area contributed by atoms with Crippen molar-refractivity contribution in [3.63, 3.8) is 0 Å². The zero-order valence-electron chi connectivity index (χ0n) is 11.5. The van der Waals surface area contributed by atoms with E-state index in [1.54, 1.807) is 0 Å². The molecule has 0 aromatic carbocycles. The number of hydrogen-bond acceptors (Lipinski definition) is 4. The first-order chi connectivity index (χ1) is 9.26. The van der Waals surface area contributed by atoms with Crippen LogP contribution in [0, 0.1) is 5.92 Å². The molecular weight excluding hydrogens is 240 g/mol. The van der Waals surface area contributed by atoms with E-state index in [9.17, 15) is 0 Å². The molecule has 1 atom stereocenters. The van der Waals surface area contributed by atoms with Crippen molar-refractivity contribution in [3.8, 4) is 0 Å². The highest BCUT2D eigenvalue weighted by atomic mass is 16.7. The monoisotopic (exact) mass is 262 g/mol. The Kier molecular flexibility index (Phi) is 3.82.